The minimum atomic E-state index is 0.685. The fourth-order valence-corrected chi connectivity index (χ4v) is 1.60. The van der Waals surface area contributed by atoms with E-state index < -0.39 is 0 Å². The Hall–Kier alpha value is -2.06. The Morgan fingerprint density at radius 3 is 1.80 bits per heavy atom. The molecule has 2 nitrogen and oxygen atoms in total. The van der Waals surface area contributed by atoms with Gasteiger partial charge in [0.25, 0.3) is 0 Å². The van der Waals surface area contributed by atoms with E-state index in [0.717, 1.165) is 37.2 Å². The van der Waals surface area contributed by atoms with Crippen LogP contribution in [-0.4, -0.2) is 13.2 Å². The maximum Gasteiger partial charge on any atom is 0.122 e. The van der Waals surface area contributed by atoms with Crippen LogP contribution in [0.15, 0.2) is 24.3 Å². The molecule has 0 radical (unpaired) electrons. The van der Waals surface area contributed by atoms with Crippen molar-refractivity contribution in [3.05, 3.63) is 24.3 Å². The van der Waals surface area contributed by atoms with Crippen LogP contribution in [0.3, 0.4) is 0 Å². The second-order valence-electron chi connectivity index (χ2n) is 4.23. The van der Waals surface area contributed by atoms with Gasteiger partial charge in [0.2, 0.25) is 0 Å². The summed E-state index contributed by atoms with van der Waals surface area (Å²) in [4.78, 5) is 0. The number of ether oxygens (including phenoxy) is 2. The number of hydrogen-bond donors (Lipinski definition) is 0. The van der Waals surface area contributed by atoms with Crippen LogP contribution in [0.2, 0.25) is 0 Å². The quantitative estimate of drug-likeness (QED) is 0.524. The molecule has 20 heavy (non-hydrogen) atoms. The third-order valence-corrected chi connectivity index (χ3v) is 2.59. The molecule has 0 N–H and O–H groups in total. The first-order valence-electron chi connectivity index (χ1n) is 7.01. The average molecular weight is 270 g/mol. The van der Waals surface area contributed by atoms with Gasteiger partial charge in [0, 0.05) is 18.9 Å². The number of hydrogen-bond acceptors (Lipinski definition) is 2. The molecule has 0 aliphatic carbocycles. The monoisotopic (exact) mass is 270 g/mol. The normalized spacial score (nSPS) is 8.90. The first-order valence-corrected chi connectivity index (χ1v) is 7.01. The Morgan fingerprint density at radius 2 is 1.35 bits per heavy atom. The smallest absolute Gasteiger partial charge is 0.122 e. The summed E-state index contributed by atoms with van der Waals surface area (Å²) in [5.41, 5.74) is 0. The van der Waals surface area contributed by atoms with Gasteiger partial charge in [0.1, 0.15) is 11.5 Å². The molecule has 0 aromatic heterocycles. The minimum Gasteiger partial charge on any atom is -0.493 e. The molecule has 0 fully saturated rings. The fourth-order valence-electron chi connectivity index (χ4n) is 1.60. The molecule has 0 heterocycles. The second-order valence-corrected chi connectivity index (χ2v) is 4.23. The van der Waals surface area contributed by atoms with Crippen molar-refractivity contribution in [1.82, 2.24) is 0 Å². The molecule has 0 spiro atoms. The third kappa shape index (κ3) is 7.39. The Morgan fingerprint density at radius 1 is 0.850 bits per heavy atom. The Balaban J connectivity index is 2.28. The molecule has 0 saturated heterocycles. The lowest BCUT2D eigenvalue weighted by Gasteiger charge is -2.08. The van der Waals surface area contributed by atoms with E-state index in [1.807, 2.05) is 38.1 Å². The van der Waals surface area contributed by atoms with Gasteiger partial charge in [-0.25, -0.2) is 0 Å². The van der Waals surface area contributed by atoms with E-state index in [0.29, 0.717) is 13.2 Å². The Kier molecular flexibility index (Phi) is 8.66. The van der Waals surface area contributed by atoms with Gasteiger partial charge in [-0.3, -0.25) is 0 Å². The van der Waals surface area contributed by atoms with Crippen LogP contribution in [-0.2, 0) is 0 Å². The van der Waals surface area contributed by atoms with Crippen molar-refractivity contribution in [2.75, 3.05) is 13.2 Å². The van der Waals surface area contributed by atoms with E-state index in [1.165, 1.54) is 0 Å². The summed E-state index contributed by atoms with van der Waals surface area (Å²) < 4.78 is 11.3. The van der Waals surface area contributed by atoms with Crippen molar-refractivity contribution in [3.8, 4) is 35.2 Å². The summed E-state index contributed by atoms with van der Waals surface area (Å²) in [6, 6.07) is 7.77. The summed E-state index contributed by atoms with van der Waals surface area (Å²) in [5, 5.41) is 0. The van der Waals surface area contributed by atoms with Crippen LogP contribution in [0, 0.1) is 23.7 Å². The lowest BCUT2D eigenvalue weighted by Crippen LogP contribution is -1.99. The standard InChI is InChI=1S/C18H22O2/c1-3-5-7-9-14-19-17-12-11-13-18(16-17)20-15-10-8-6-4-2/h11-13,16H,7-10,14-15H2,1-2H3. The van der Waals surface area contributed by atoms with E-state index in [1.54, 1.807) is 0 Å². The zero-order valence-corrected chi connectivity index (χ0v) is 12.4. The molecule has 0 amide bonds. The number of rotatable bonds is 8. The molecule has 0 atom stereocenters. The molecular weight excluding hydrogens is 248 g/mol. The zero-order valence-electron chi connectivity index (χ0n) is 12.4. The van der Waals surface area contributed by atoms with E-state index >= 15 is 0 Å². The van der Waals surface area contributed by atoms with Gasteiger partial charge in [-0.1, -0.05) is 6.07 Å². The molecule has 0 unspecified atom stereocenters. The number of unbranched alkanes of at least 4 members (excludes halogenated alkanes) is 2. The second kappa shape index (κ2) is 10.8. The van der Waals surface area contributed by atoms with E-state index in [9.17, 15) is 0 Å². The third-order valence-electron chi connectivity index (χ3n) is 2.59. The predicted molar refractivity (Wildman–Crippen MR) is 82.8 cm³/mol. The van der Waals surface area contributed by atoms with Gasteiger partial charge in [0.15, 0.2) is 0 Å². The summed E-state index contributed by atoms with van der Waals surface area (Å²) in [6.07, 6.45) is 3.65. The summed E-state index contributed by atoms with van der Waals surface area (Å²) >= 11 is 0. The molecule has 0 aliphatic rings. The molecule has 1 aromatic carbocycles. The highest BCUT2D eigenvalue weighted by atomic mass is 16.5. The van der Waals surface area contributed by atoms with Crippen LogP contribution in [0.5, 0.6) is 11.5 Å². The van der Waals surface area contributed by atoms with Crippen molar-refractivity contribution >= 4 is 0 Å². The van der Waals surface area contributed by atoms with Gasteiger partial charge >= 0.3 is 0 Å². The Labute approximate surface area is 122 Å². The average Bonchev–Trinajstić information content (AvgIpc) is 2.47. The first-order chi connectivity index (χ1) is 9.86. The maximum absolute atomic E-state index is 5.67. The van der Waals surface area contributed by atoms with Crippen LogP contribution in [0.1, 0.15) is 39.5 Å². The molecular formula is C18H22O2. The highest BCUT2D eigenvalue weighted by Gasteiger charge is 1.98. The molecule has 106 valence electrons. The zero-order chi connectivity index (χ0) is 14.5. The van der Waals surface area contributed by atoms with E-state index in [4.69, 9.17) is 9.47 Å². The summed E-state index contributed by atoms with van der Waals surface area (Å²) in [6.45, 7) is 5.08. The van der Waals surface area contributed by atoms with Crippen molar-refractivity contribution in [3.63, 3.8) is 0 Å². The molecule has 1 aromatic rings. The molecule has 0 aliphatic heterocycles. The van der Waals surface area contributed by atoms with Crippen LogP contribution in [0.25, 0.3) is 0 Å². The highest BCUT2D eigenvalue weighted by Crippen LogP contribution is 2.19. The van der Waals surface area contributed by atoms with Gasteiger partial charge in [-0.15, -0.1) is 23.7 Å². The van der Waals surface area contributed by atoms with Gasteiger partial charge in [0.05, 0.1) is 13.2 Å². The topological polar surface area (TPSA) is 18.5 Å². The molecule has 0 bridgehead atoms. The van der Waals surface area contributed by atoms with Crippen LogP contribution >= 0.6 is 0 Å². The number of benzene rings is 1. The largest absolute Gasteiger partial charge is 0.493 e. The lowest BCUT2D eigenvalue weighted by molar-refractivity contribution is 0.297. The van der Waals surface area contributed by atoms with Gasteiger partial charge in [-0.2, -0.15) is 0 Å². The van der Waals surface area contributed by atoms with Crippen LogP contribution < -0.4 is 9.47 Å². The van der Waals surface area contributed by atoms with Crippen LogP contribution in [0.4, 0.5) is 0 Å². The molecule has 0 saturated carbocycles. The lowest BCUT2D eigenvalue weighted by atomic mass is 10.3. The van der Waals surface area contributed by atoms with Crippen molar-refractivity contribution in [1.29, 1.82) is 0 Å². The molecule has 1 rings (SSSR count). The van der Waals surface area contributed by atoms with Crippen molar-refractivity contribution < 1.29 is 9.47 Å². The highest BCUT2D eigenvalue weighted by molar-refractivity contribution is 5.32. The van der Waals surface area contributed by atoms with Crippen molar-refractivity contribution in [2.45, 2.75) is 39.5 Å². The summed E-state index contributed by atoms with van der Waals surface area (Å²) in [7, 11) is 0. The van der Waals surface area contributed by atoms with E-state index in [2.05, 4.69) is 23.7 Å². The van der Waals surface area contributed by atoms with E-state index in [-0.39, 0.29) is 0 Å². The van der Waals surface area contributed by atoms with Gasteiger partial charge in [-0.05, 0) is 38.8 Å². The van der Waals surface area contributed by atoms with Crippen molar-refractivity contribution in [2.24, 2.45) is 0 Å². The van der Waals surface area contributed by atoms with Gasteiger partial charge < -0.3 is 9.47 Å². The maximum atomic E-state index is 5.67. The molecule has 2 heteroatoms. The summed E-state index contributed by atoms with van der Waals surface area (Å²) in [5.74, 6) is 13.5. The minimum absolute atomic E-state index is 0.685. The Bertz CT molecular complexity index is 454. The fraction of sp³-hybridized carbons (Fsp3) is 0.444. The first kappa shape index (κ1) is 16.0. The predicted octanol–water partition coefficient (Wildman–Crippen LogP) is 4.05. The SMILES string of the molecule is CC#CCCCOc1cccc(OCCCC#CC)c1.